The van der Waals surface area contributed by atoms with Gasteiger partial charge in [-0.1, -0.05) is 13.8 Å². The van der Waals surface area contributed by atoms with Crippen LogP contribution in [0.2, 0.25) is 0 Å². The molecule has 1 aromatic carbocycles. The van der Waals surface area contributed by atoms with Crippen molar-refractivity contribution in [3.63, 3.8) is 0 Å². The lowest BCUT2D eigenvalue weighted by Crippen LogP contribution is -2.19. The van der Waals surface area contributed by atoms with Gasteiger partial charge >= 0.3 is 0 Å². The number of halogens is 3. The van der Waals surface area contributed by atoms with Gasteiger partial charge in [0.1, 0.15) is 11.5 Å². The van der Waals surface area contributed by atoms with Crippen LogP contribution in [0.5, 0.6) is 0 Å². The van der Waals surface area contributed by atoms with Crippen LogP contribution in [0, 0.1) is 17.5 Å². The molecule has 0 amide bonds. The molecule has 108 valence electrons. The third-order valence-corrected chi connectivity index (χ3v) is 3.13. The second kappa shape index (κ2) is 6.13. The van der Waals surface area contributed by atoms with Crippen molar-refractivity contribution >= 4 is 0 Å². The summed E-state index contributed by atoms with van der Waals surface area (Å²) < 4.78 is 45.4. The third kappa shape index (κ3) is 2.72. The third-order valence-electron chi connectivity index (χ3n) is 3.13. The van der Waals surface area contributed by atoms with Gasteiger partial charge in [-0.2, -0.15) is 0 Å². The van der Waals surface area contributed by atoms with Gasteiger partial charge in [0.2, 0.25) is 0 Å². The average molecular weight is 283 g/mol. The lowest BCUT2D eigenvalue weighted by Gasteiger charge is -2.12. The van der Waals surface area contributed by atoms with Gasteiger partial charge in [-0.05, 0) is 37.2 Å². The molecule has 1 unspecified atom stereocenters. The van der Waals surface area contributed by atoms with Gasteiger partial charge < -0.3 is 9.73 Å². The molecule has 0 aliphatic heterocycles. The first-order valence-corrected chi connectivity index (χ1v) is 6.55. The number of furan rings is 1. The van der Waals surface area contributed by atoms with Crippen molar-refractivity contribution in [3.05, 3.63) is 47.5 Å². The molecule has 5 heteroatoms. The second-order valence-electron chi connectivity index (χ2n) is 4.44. The Morgan fingerprint density at radius 3 is 2.45 bits per heavy atom. The van der Waals surface area contributed by atoms with Gasteiger partial charge in [-0.15, -0.1) is 0 Å². The van der Waals surface area contributed by atoms with E-state index >= 15 is 0 Å². The largest absolute Gasteiger partial charge is 0.459 e. The fourth-order valence-corrected chi connectivity index (χ4v) is 2.09. The van der Waals surface area contributed by atoms with Crippen LogP contribution in [0.25, 0.3) is 11.3 Å². The molecule has 0 bridgehead atoms. The maximum atomic E-state index is 13.7. The topological polar surface area (TPSA) is 25.2 Å². The lowest BCUT2D eigenvalue weighted by atomic mass is 10.1. The minimum atomic E-state index is -1.49. The Labute approximate surface area is 115 Å². The van der Waals surface area contributed by atoms with E-state index in [2.05, 4.69) is 5.32 Å². The van der Waals surface area contributed by atoms with E-state index in [4.69, 9.17) is 4.42 Å². The van der Waals surface area contributed by atoms with Crippen molar-refractivity contribution in [1.82, 2.24) is 5.32 Å². The van der Waals surface area contributed by atoms with Crippen LogP contribution in [0.1, 0.15) is 32.1 Å². The first-order chi connectivity index (χ1) is 9.58. The molecule has 0 saturated heterocycles. The summed E-state index contributed by atoms with van der Waals surface area (Å²) in [6.45, 7) is 4.74. The SMILES string of the molecule is CCNC(CC)c1ccc(-c2ccc(F)c(F)c2F)o1. The molecular formula is C15H16F3NO. The summed E-state index contributed by atoms with van der Waals surface area (Å²) in [4.78, 5) is 0. The molecule has 2 nitrogen and oxygen atoms in total. The van der Waals surface area contributed by atoms with Gasteiger partial charge in [-0.3, -0.25) is 0 Å². The van der Waals surface area contributed by atoms with Crippen molar-refractivity contribution in [2.75, 3.05) is 6.54 Å². The summed E-state index contributed by atoms with van der Waals surface area (Å²) in [6, 6.07) is 5.35. The number of nitrogens with one attached hydrogen (secondary N) is 1. The van der Waals surface area contributed by atoms with Crippen molar-refractivity contribution < 1.29 is 17.6 Å². The van der Waals surface area contributed by atoms with Crippen molar-refractivity contribution in [2.24, 2.45) is 0 Å². The van der Waals surface area contributed by atoms with Crippen LogP contribution >= 0.6 is 0 Å². The van der Waals surface area contributed by atoms with Crippen LogP contribution in [-0.2, 0) is 0 Å². The number of hydrogen-bond donors (Lipinski definition) is 1. The van der Waals surface area contributed by atoms with E-state index in [0.717, 1.165) is 19.0 Å². The number of benzene rings is 1. The molecule has 0 spiro atoms. The highest BCUT2D eigenvalue weighted by Gasteiger charge is 2.19. The molecule has 1 aromatic heterocycles. The summed E-state index contributed by atoms with van der Waals surface area (Å²) in [5.74, 6) is -3.10. The number of hydrogen-bond acceptors (Lipinski definition) is 2. The standard InChI is InChI=1S/C15H16F3NO/c1-3-11(19-4-2)13-8-7-12(20-13)9-5-6-10(16)15(18)14(9)17/h5-8,11,19H,3-4H2,1-2H3. The Kier molecular flexibility index (Phi) is 4.49. The molecular weight excluding hydrogens is 267 g/mol. The lowest BCUT2D eigenvalue weighted by molar-refractivity contribution is 0.413. The minimum Gasteiger partial charge on any atom is -0.459 e. The van der Waals surface area contributed by atoms with E-state index in [1.54, 1.807) is 12.1 Å². The Balaban J connectivity index is 2.36. The maximum absolute atomic E-state index is 13.7. The Bertz CT molecular complexity index is 595. The molecule has 0 fully saturated rings. The summed E-state index contributed by atoms with van der Waals surface area (Å²) in [5.41, 5.74) is -0.0819. The molecule has 2 aromatic rings. The highest BCUT2D eigenvalue weighted by atomic mass is 19.2. The van der Waals surface area contributed by atoms with E-state index in [0.29, 0.717) is 5.76 Å². The zero-order chi connectivity index (χ0) is 14.7. The Morgan fingerprint density at radius 2 is 1.80 bits per heavy atom. The van der Waals surface area contributed by atoms with Crippen LogP contribution in [0.3, 0.4) is 0 Å². The molecule has 2 rings (SSSR count). The molecule has 0 aliphatic rings. The zero-order valence-corrected chi connectivity index (χ0v) is 11.3. The van der Waals surface area contributed by atoms with E-state index in [9.17, 15) is 13.2 Å². The van der Waals surface area contributed by atoms with Crippen LogP contribution < -0.4 is 5.32 Å². The Hall–Kier alpha value is -1.75. The molecule has 1 atom stereocenters. The summed E-state index contributed by atoms with van der Waals surface area (Å²) >= 11 is 0. The monoisotopic (exact) mass is 283 g/mol. The predicted octanol–water partition coefficient (Wildman–Crippen LogP) is 4.42. The van der Waals surface area contributed by atoms with Crippen LogP contribution in [0.15, 0.2) is 28.7 Å². The van der Waals surface area contributed by atoms with Gasteiger partial charge in [-0.25, -0.2) is 13.2 Å². The van der Waals surface area contributed by atoms with Gasteiger partial charge in [0.05, 0.1) is 11.6 Å². The van der Waals surface area contributed by atoms with Gasteiger partial charge in [0.25, 0.3) is 0 Å². The summed E-state index contributed by atoms with van der Waals surface area (Å²) in [5, 5.41) is 3.23. The normalized spacial score (nSPS) is 12.7. The van der Waals surface area contributed by atoms with Crippen LogP contribution in [0.4, 0.5) is 13.2 Å². The van der Waals surface area contributed by atoms with E-state index in [1.165, 1.54) is 6.07 Å². The van der Waals surface area contributed by atoms with Gasteiger partial charge in [0.15, 0.2) is 17.5 Å². The predicted molar refractivity (Wildman–Crippen MR) is 70.7 cm³/mol. The summed E-state index contributed by atoms with van der Waals surface area (Å²) in [6.07, 6.45) is 0.807. The number of rotatable bonds is 5. The van der Waals surface area contributed by atoms with Crippen LogP contribution in [-0.4, -0.2) is 6.54 Å². The van der Waals surface area contributed by atoms with E-state index in [1.807, 2.05) is 13.8 Å². The van der Waals surface area contributed by atoms with Crippen molar-refractivity contribution in [3.8, 4) is 11.3 Å². The molecule has 0 radical (unpaired) electrons. The molecule has 0 saturated carbocycles. The molecule has 1 N–H and O–H groups in total. The van der Waals surface area contributed by atoms with Crippen molar-refractivity contribution in [1.29, 1.82) is 0 Å². The quantitative estimate of drug-likeness (QED) is 0.821. The highest BCUT2D eigenvalue weighted by molar-refractivity contribution is 5.58. The molecule has 0 aliphatic carbocycles. The first-order valence-electron chi connectivity index (χ1n) is 6.55. The fourth-order valence-electron chi connectivity index (χ4n) is 2.09. The molecule has 1 heterocycles. The zero-order valence-electron chi connectivity index (χ0n) is 11.3. The Morgan fingerprint density at radius 1 is 1.05 bits per heavy atom. The van der Waals surface area contributed by atoms with E-state index < -0.39 is 17.5 Å². The van der Waals surface area contributed by atoms with Gasteiger partial charge in [0, 0.05) is 0 Å². The minimum absolute atomic E-state index is 0.0158. The smallest absolute Gasteiger partial charge is 0.195 e. The second-order valence-corrected chi connectivity index (χ2v) is 4.44. The first kappa shape index (κ1) is 14.7. The summed E-state index contributed by atoms with van der Waals surface area (Å²) in [7, 11) is 0. The maximum Gasteiger partial charge on any atom is 0.195 e. The van der Waals surface area contributed by atoms with E-state index in [-0.39, 0.29) is 17.4 Å². The molecule has 20 heavy (non-hydrogen) atoms. The highest BCUT2D eigenvalue weighted by Crippen LogP contribution is 2.30. The average Bonchev–Trinajstić information content (AvgIpc) is 2.91. The van der Waals surface area contributed by atoms with Crippen molar-refractivity contribution in [2.45, 2.75) is 26.3 Å². The fraction of sp³-hybridized carbons (Fsp3) is 0.333.